The van der Waals surface area contributed by atoms with Crippen LogP contribution in [0.1, 0.15) is 51.5 Å². The summed E-state index contributed by atoms with van der Waals surface area (Å²) >= 11 is 6.52. The number of nitrogens with one attached hydrogen (secondary N) is 1. The number of rotatable bonds is 7. The highest BCUT2D eigenvalue weighted by Gasteiger charge is 2.38. The van der Waals surface area contributed by atoms with E-state index in [4.69, 9.17) is 16.3 Å². The van der Waals surface area contributed by atoms with Crippen LogP contribution in [-0.4, -0.2) is 50.3 Å². The Morgan fingerprint density at radius 1 is 1.26 bits per heavy atom. The number of piperidine rings is 1. The SMILES string of the molecule is CC(C)[C@@H]1C[C@@](CCNC2CCN(C)CC2)(Cc2ccccc2Cl)CCO1. The average Bonchev–Trinajstić information content (AvgIpc) is 2.65. The second kappa shape index (κ2) is 9.73. The quantitative estimate of drug-likeness (QED) is 0.722. The van der Waals surface area contributed by atoms with Gasteiger partial charge in [-0.05, 0) is 88.2 Å². The molecule has 152 valence electrons. The first kappa shape index (κ1) is 21.1. The third-order valence-electron chi connectivity index (χ3n) is 6.67. The van der Waals surface area contributed by atoms with E-state index in [9.17, 15) is 0 Å². The van der Waals surface area contributed by atoms with Crippen LogP contribution < -0.4 is 5.32 Å². The van der Waals surface area contributed by atoms with Crippen molar-refractivity contribution in [1.82, 2.24) is 10.2 Å². The summed E-state index contributed by atoms with van der Waals surface area (Å²) in [6, 6.07) is 9.06. The van der Waals surface area contributed by atoms with Gasteiger partial charge in [0.25, 0.3) is 0 Å². The van der Waals surface area contributed by atoms with Crippen molar-refractivity contribution in [2.75, 3.05) is 33.3 Å². The van der Waals surface area contributed by atoms with Gasteiger partial charge in [-0.25, -0.2) is 0 Å². The van der Waals surface area contributed by atoms with Crippen molar-refractivity contribution in [3.63, 3.8) is 0 Å². The zero-order valence-electron chi connectivity index (χ0n) is 17.3. The van der Waals surface area contributed by atoms with Gasteiger partial charge in [0, 0.05) is 17.7 Å². The number of hydrogen-bond acceptors (Lipinski definition) is 3. The molecule has 2 aliphatic heterocycles. The van der Waals surface area contributed by atoms with E-state index in [0.29, 0.717) is 18.1 Å². The highest BCUT2D eigenvalue weighted by atomic mass is 35.5. The highest BCUT2D eigenvalue weighted by Crippen LogP contribution is 2.42. The van der Waals surface area contributed by atoms with E-state index in [1.54, 1.807) is 0 Å². The Balaban J connectivity index is 1.65. The zero-order chi connectivity index (χ0) is 19.3. The molecule has 2 aliphatic rings. The predicted octanol–water partition coefficient (Wildman–Crippen LogP) is 4.78. The molecule has 0 saturated carbocycles. The third kappa shape index (κ3) is 5.93. The van der Waals surface area contributed by atoms with Gasteiger partial charge in [-0.15, -0.1) is 0 Å². The van der Waals surface area contributed by atoms with Crippen LogP contribution >= 0.6 is 11.6 Å². The molecule has 2 heterocycles. The number of halogens is 1. The van der Waals surface area contributed by atoms with Crippen LogP contribution in [0.3, 0.4) is 0 Å². The molecule has 2 atom stereocenters. The Bertz CT molecular complexity index is 585. The Morgan fingerprint density at radius 3 is 2.70 bits per heavy atom. The van der Waals surface area contributed by atoms with E-state index >= 15 is 0 Å². The average molecular weight is 393 g/mol. The van der Waals surface area contributed by atoms with E-state index < -0.39 is 0 Å². The van der Waals surface area contributed by atoms with Crippen LogP contribution in [0.25, 0.3) is 0 Å². The normalized spacial score (nSPS) is 28.0. The fourth-order valence-electron chi connectivity index (χ4n) is 4.72. The molecule has 0 unspecified atom stereocenters. The zero-order valence-corrected chi connectivity index (χ0v) is 18.1. The van der Waals surface area contributed by atoms with E-state index in [1.807, 2.05) is 12.1 Å². The fraction of sp³-hybridized carbons (Fsp3) is 0.739. The maximum atomic E-state index is 6.52. The van der Waals surface area contributed by atoms with Crippen molar-refractivity contribution >= 4 is 11.6 Å². The standard InChI is InChI=1S/C23H37ClN2O/c1-18(2)22-17-23(11-15-27-22,16-19-6-4-5-7-21(19)24)10-12-25-20-8-13-26(3)14-9-20/h4-7,18,20,22,25H,8-17H2,1-3H3/t22-,23+/m0/s1. The monoisotopic (exact) mass is 392 g/mol. The summed E-state index contributed by atoms with van der Waals surface area (Å²) in [7, 11) is 2.23. The molecular weight excluding hydrogens is 356 g/mol. The lowest BCUT2D eigenvalue weighted by Crippen LogP contribution is -2.44. The second-order valence-corrected chi connectivity index (χ2v) is 9.56. The van der Waals surface area contributed by atoms with Gasteiger partial charge in [0.2, 0.25) is 0 Å². The summed E-state index contributed by atoms with van der Waals surface area (Å²) in [5, 5.41) is 4.77. The first-order valence-electron chi connectivity index (χ1n) is 10.7. The van der Waals surface area contributed by atoms with Gasteiger partial charge < -0.3 is 15.0 Å². The van der Waals surface area contributed by atoms with Crippen molar-refractivity contribution in [3.8, 4) is 0 Å². The largest absolute Gasteiger partial charge is 0.378 e. The second-order valence-electron chi connectivity index (χ2n) is 9.16. The lowest BCUT2D eigenvalue weighted by atomic mass is 9.69. The summed E-state index contributed by atoms with van der Waals surface area (Å²) in [5.41, 5.74) is 1.58. The maximum absolute atomic E-state index is 6.52. The molecule has 0 spiro atoms. The van der Waals surface area contributed by atoms with Gasteiger partial charge in [-0.3, -0.25) is 0 Å². The number of likely N-dealkylation sites (tertiary alicyclic amines) is 1. The smallest absolute Gasteiger partial charge is 0.0603 e. The van der Waals surface area contributed by atoms with Crippen LogP contribution in [0.2, 0.25) is 5.02 Å². The first-order valence-corrected chi connectivity index (χ1v) is 11.1. The Morgan fingerprint density at radius 2 is 2.00 bits per heavy atom. The van der Waals surface area contributed by atoms with Crippen molar-refractivity contribution in [3.05, 3.63) is 34.9 Å². The summed E-state index contributed by atoms with van der Waals surface area (Å²) < 4.78 is 6.11. The van der Waals surface area contributed by atoms with Crippen LogP contribution in [0, 0.1) is 11.3 Å². The molecule has 3 rings (SSSR count). The molecule has 1 aromatic carbocycles. The highest BCUT2D eigenvalue weighted by molar-refractivity contribution is 6.31. The number of benzene rings is 1. The van der Waals surface area contributed by atoms with Crippen LogP contribution in [-0.2, 0) is 11.2 Å². The first-order chi connectivity index (χ1) is 13.0. The minimum atomic E-state index is 0.288. The Kier molecular flexibility index (Phi) is 7.61. The van der Waals surface area contributed by atoms with Gasteiger partial charge in [0.05, 0.1) is 6.10 Å². The van der Waals surface area contributed by atoms with Gasteiger partial charge in [0.1, 0.15) is 0 Å². The van der Waals surface area contributed by atoms with E-state index in [0.717, 1.165) is 37.4 Å². The molecule has 27 heavy (non-hydrogen) atoms. The summed E-state index contributed by atoms with van der Waals surface area (Å²) in [4.78, 5) is 2.43. The Labute approximate surface area is 170 Å². The molecular formula is C23H37ClN2O. The predicted molar refractivity (Wildman–Crippen MR) is 115 cm³/mol. The molecule has 0 bridgehead atoms. The van der Waals surface area contributed by atoms with Crippen molar-refractivity contribution in [2.45, 2.75) is 64.5 Å². The fourth-order valence-corrected chi connectivity index (χ4v) is 4.92. The molecule has 1 N–H and O–H groups in total. The third-order valence-corrected chi connectivity index (χ3v) is 7.04. The Hall–Kier alpha value is -0.610. The topological polar surface area (TPSA) is 24.5 Å². The van der Waals surface area contributed by atoms with E-state index in [1.165, 1.54) is 37.9 Å². The molecule has 0 aromatic heterocycles. The number of hydrogen-bond donors (Lipinski definition) is 1. The molecule has 2 fully saturated rings. The summed E-state index contributed by atoms with van der Waals surface area (Å²) in [6.07, 6.45) is 7.45. The summed E-state index contributed by atoms with van der Waals surface area (Å²) in [6.45, 7) is 8.97. The molecule has 2 saturated heterocycles. The molecule has 0 amide bonds. The molecule has 0 radical (unpaired) electrons. The molecule has 1 aromatic rings. The maximum Gasteiger partial charge on any atom is 0.0603 e. The lowest BCUT2D eigenvalue weighted by molar-refractivity contribution is -0.0722. The molecule has 0 aliphatic carbocycles. The van der Waals surface area contributed by atoms with E-state index in [-0.39, 0.29) is 5.41 Å². The minimum absolute atomic E-state index is 0.288. The molecule has 3 nitrogen and oxygen atoms in total. The van der Waals surface area contributed by atoms with Gasteiger partial charge in [-0.1, -0.05) is 43.6 Å². The number of nitrogens with zero attached hydrogens (tertiary/aromatic N) is 1. The number of ether oxygens (including phenoxy) is 1. The van der Waals surface area contributed by atoms with Gasteiger partial charge >= 0.3 is 0 Å². The van der Waals surface area contributed by atoms with E-state index in [2.05, 4.69) is 43.2 Å². The lowest BCUT2D eigenvalue weighted by Gasteiger charge is -2.43. The summed E-state index contributed by atoms with van der Waals surface area (Å²) in [5.74, 6) is 0.567. The van der Waals surface area contributed by atoms with Crippen molar-refractivity contribution < 1.29 is 4.74 Å². The van der Waals surface area contributed by atoms with Crippen LogP contribution in [0.4, 0.5) is 0 Å². The van der Waals surface area contributed by atoms with Crippen molar-refractivity contribution in [1.29, 1.82) is 0 Å². The van der Waals surface area contributed by atoms with Crippen LogP contribution in [0.15, 0.2) is 24.3 Å². The van der Waals surface area contributed by atoms with Gasteiger partial charge in [0.15, 0.2) is 0 Å². The minimum Gasteiger partial charge on any atom is -0.378 e. The van der Waals surface area contributed by atoms with Gasteiger partial charge in [-0.2, -0.15) is 0 Å². The van der Waals surface area contributed by atoms with Crippen molar-refractivity contribution in [2.24, 2.45) is 11.3 Å². The van der Waals surface area contributed by atoms with Crippen LogP contribution in [0.5, 0.6) is 0 Å². The molecule has 4 heteroatoms.